The molecule has 1 aliphatic heterocycles. The van der Waals surface area contributed by atoms with Gasteiger partial charge in [-0.05, 0) is 62.5 Å². The van der Waals surface area contributed by atoms with E-state index in [2.05, 4.69) is 37.4 Å². The van der Waals surface area contributed by atoms with Crippen LogP contribution in [0.3, 0.4) is 0 Å². The molecule has 0 unspecified atom stereocenters. The van der Waals surface area contributed by atoms with Crippen molar-refractivity contribution in [2.75, 3.05) is 13.1 Å². The van der Waals surface area contributed by atoms with E-state index in [4.69, 9.17) is 5.10 Å². The molecule has 7 heteroatoms. The van der Waals surface area contributed by atoms with Crippen LogP contribution in [0.15, 0.2) is 30.6 Å². The third-order valence-corrected chi connectivity index (χ3v) is 5.31. The molecular weight excluding hydrogens is 314 g/mol. The molecule has 1 saturated carbocycles. The summed E-state index contributed by atoms with van der Waals surface area (Å²) in [6.07, 6.45) is 8.31. The number of hydrogen-bond acceptors (Lipinski definition) is 6. The van der Waals surface area contributed by atoms with Crippen LogP contribution in [-0.4, -0.2) is 48.0 Å². The van der Waals surface area contributed by atoms with Gasteiger partial charge < -0.3 is 0 Å². The molecule has 3 aromatic heterocycles. The monoisotopic (exact) mass is 335 g/mol. The zero-order chi connectivity index (χ0) is 16.6. The SMILES string of the molecule is c1cc(CN2CCC(c3nnc4ccc(C5CC5)nn34)CC2)cnn1. The van der Waals surface area contributed by atoms with Crippen molar-refractivity contribution in [1.82, 2.24) is 34.9 Å². The largest absolute Gasteiger partial charge is 0.299 e. The number of hydrogen-bond donors (Lipinski definition) is 0. The number of nitrogens with zero attached hydrogens (tertiary/aromatic N) is 7. The van der Waals surface area contributed by atoms with Crippen LogP contribution in [0.4, 0.5) is 0 Å². The lowest BCUT2D eigenvalue weighted by Gasteiger charge is -2.30. The predicted octanol–water partition coefficient (Wildman–Crippen LogP) is 2.17. The second-order valence-corrected chi connectivity index (χ2v) is 7.16. The van der Waals surface area contributed by atoms with Gasteiger partial charge in [-0.1, -0.05) is 0 Å². The van der Waals surface area contributed by atoms with Crippen molar-refractivity contribution in [3.63, 3.8) is 0 Å². The fourth-order valence-electron chi connectivity index (χ4n) is 3.69. The van der Waals surface area contributed by atoms with Gasteiger partial charge >= 0.3 is 0 Å². The maximum absolute atomic E-state index is 4.82. The van der Waals surface area contributed by atoms with Crippen LogP contribution in [0.25, 0.3) is 5.65 Å². The lowest BCUT2D eigenvalue weighted by Crippen LogP contribution is -2.33. The van der Waals surface area contributed by atoms with Gasteiger partial charge in [-0.25, -0.2) is 0 Å². The molecule has 128 valence electrons. The molecule has 1 saturated heterocycles. The molecule has 0 bridgehead atoms. The van der Waals surface area contributed by atoms with Crippen LogP contribution >= 0.6 is 0 Å². The zero-order valence-electron chi connectivity index (χ0n) is 14.1. The second-order valence-electron chi connectivity index (χ2n) is 7.16. The van der Waals surface area contributed by atoms with Crippen LogP contribution in [0.2, 0.25) is 0 Å². The van der Waals surface area contributed by atoms with E-state index in [-0.39, 0.29) is 0 Å². The van der Waals surface area contributed by atoms with Crippen LogP contribution < -0.4 is 0 Å². The van der Waals surface area contributed by atoms with Crippen LogP contribution in [0.5, 0.6) is 0 Å². The predicted molar refractivity (Wildman–Crippen MR) is 92.0 cm³/mol. The van der Waals surface area contributed by atoms with Crippen LogP contribution in [0, 0.1) is 0 Å². The van der Waals surface area contributed by atoms with E-state index in [1.54, 1.807) is 6.20 Å². The number of piperidine rings is 1. The molecule has 2 aliphatic rings. The molecule has 0 N–H and O–H groups in total. The van der Waals surface area contributed by atoms with E-state index in [0.29, 0.717) is 11.8 Å². The standard InChI is InChI=1S/C18H21N7/c1-2-14(1)16-3-4-17-21-22-18(25(17)23-16)15-6-9-24(10-7-15)12-13-5-8-19-20-11-13/h3-5,8,11,14-15H,1-2,6-7,9-10,12H2. The molecule has 1 aliphatic carbocycles. The van der Waals surface area contributed by atoms with Gasteiger partial charge in [-0.3, -0.25) is 4.90 Å². The Balaban J connectivity index is 1.30. The first-order valence-corrected chi connectivity index (χ1v) is 9.07. The summed E-state index contributed by atoms with van der Waals surface area (Å²) >= 11 is 0. The minimum absolute atomic E-state index is 0.434. The Morgan fingerprint density at radius 3 is 2.56 bits per heavy atom. The van der Waals surface area contributed by atoms with Crippen molar-refractivity contribution in [3.8, 4) is 0 Å². The lowest BCUT2D eigenvalue weighted by molar-refractivity contribution is 0.200. The molecule has 0 aromatic carbocycles. The van der Waals surface area contributed by atoms with Crippen molar-refractivity contribution in [2.45, 2.75) is 44.1 Å². The lowest BCUT2D eigenvalue weighted by atomic mass is 9.96. The van der Waals surface area contributed by atoms with E-state index < -0.39 is 0 Å². The highest BCUT2D eigenvalue weighted by Gasteiger charge is 2.28. The first-order chi connectivity index (χ1) is 12.4. The molecule has 25 heavy (non-hydrogen) atoms. The van der Waals surface area contributed by atoms with Gasteiger partial charge in [0.15, 0.2) is 11.5 Å². The summed E-state index contributed by atoms with van der Waals surface area (Å²) < 4.78 is 1.99. The Morgan fingerprint density at radius 2 is 1.80 bits per heavy atom. The smallest absolute Gasteiger partial charge is 0.177 e. The first kappa shape index (κ1) is 14.9. The molecule has 4 heterocycles. The molecule has 3 aromatic rings. The molecule has 0 spiro atoms. The Morgan fingerprint density at radius 1 is 0.920 bits per heavy atom. The molecule has 0 amide bonds. The third-order valence-electron chi connectivity index (χ3n) is 5.31. The zero-order valence-corrected chi connectivity index (χ0v) is 14.1. The second kappa shape index (κ2) is 6.15. The van der Waals surface area contributed by atoms with Crippen LogP contribution in [-0.2, 0) is 6.54 Å². The first-order valence-electron chi connectivity index (χ1n) is 9.07. The van der Waals surface area contributed by atoms with E-state index in [9.17, 15) is 0 Å². The summed E-state index contributed by atoms with van der Waals surface area (Å²) in [5.74, 6) is 2.11. The summed E-state index contributed by atoms with van der Waals surface area (Å²) in [6, 6.07) is 6.20. The van der Waals surface area contributed by atoms with Crippen molar-refractivity contribution < 1.29 is 0 Å². The van der Waals surface area contributed by atoms with E-state index in [1.807, 2.05) is 16.8 Å². The number of rotatable bonds is 4. The molecule has 0 radical (unpaired) electrons. The van der Waals surface area contributed by atoms with Gasteiger partial charge in [-0.2, -0.15) is 19.8 Å². The average Bonchev–Trinajstić information content (AvgIpc) is 3.43. The quantitative estimate of drug-likeness (QED) is 0.728. The van der Waals surface area contributed by atoms with Crippen molar-refractivity contribution in [1.29, 1.82) is 0 Å². The minimum Gasteiger partial charge on any atom is -0.299 e. The Hall–Kier alpha value is -2.41. The van der Waals surface area contributed by atoms with Gasteiger partial charge in [0.2, 0.25) is 0 Å². The normalized spacial score (nSPS) is 19.5. The Bertz CT molecular complexity index is 864. The Labute approximate surface area is 146 Å². The summed E-state index contributed by atoms with van der Waals surface area (Å²) in [5.41, 5.74) is 3.28. The minimum atomic E-state index is 0.434. The van der Waals surface area contributed by atoms with Gasteiger partial charge in [0.25, 0.3) is 0 Å². The van der Waals surface area contributed by atoms with Gasteiger partial charge in [0, 0.05) is 24.6 Å². The van der Waals surface area contributed by atoms with Crippen molar-refractivity contribution in [3.05, 3.63) is 47.7 Å². The highest BCUT2D eigenvalue weighted by Crippen LogP contribution is 2.39. The van der Waals surface area contributed by atoms with E-state index in [1.165, 1.54) is 24.1 Å². The molecule has 7 nitrogen and oxygen atoms in total. The van der Waals surface area contributed by atoms with Crippen molar-refractivity contribution >= 4 is 5.65 Å². The van der Waals surface area contributed by atoms with Crippen LogP contribution in [0.1, 0.15) is 54.6 Å². The Kier molecular flexibility index (Phi) is 3.66. The third kappa shape index (κ3) is 3.00. The topological polar surface area (TPSA) is 72.1 Å². The van der Waals surface area contributed by atoms with Gasteiger partial charge in [0.05, 0.1) is 11.9 Å². The summed E-state index contributed by atoms with van der Waals surface area (Å²) in [4.78, 5) is 2.47. The fourth-order valence-corrected chi connectivity index (χ4v) is 3.69. The highest BCUT2D eigenvalue weighted by molar-refractivity contribution is 5.38. The molecular formula is C18H21N7. The molecule has 0 atom stereocenters. The van der Waals surface area contributed by atoms with E-state index in [0.717, 1.165) is 43.9 Å². The maximum Gasteiger partial charge on any atom is 0.177 e. The number of likely N-dealkylation sites (tertiary alicyclic amines) is 1. The van der Waals surface area contributed by atoms with Gasteiger partial charge in [0.1, 0.15) is 0 Å². The summed E-state index contributed by atoms with van der Waals surface area (Å²) in [7, 11) is 0. The van der Waals surface area contributed by atoms with Crippen molar-refractivity contribution in [2.24, 2.45) is 0 Å². The van der Waals surface area contributed by atoms with E-state index >= 15 is 0 Å². The maximum atomic E-state index is 4.82. The fraction of sp³-hybridized carbons (Fsp3) is 0.500. The highest BCUT2D eigenvalue weighted by atomic mass is 15.4. The van der Waals surface area contributed by atoms with Gasteiger partial charge in [-0.15, -0.1) is 10.2 Å². The number of fused-ring (bicyclic) bond motifs is 1. The molecule has 5 rings (SSSR count). The number of aromatic nitrogens is 6. The summed E-state index contributed by atoms with van der Waals surface area (Å²) in [6.45, 7) is 3.06. The molecule has 2 fully saturated rings. The average molecular weight is 335 g/mol. The summed E-state index contributed by atoms with van der Waals surface area (Å²) in [5, 5.41) is 21.4.